The molecule has 2 heterocycles. The summed E-state index contributed by atoms with van der Waals surface area (Å²) in [6, 6.07) is 6.24. The molecule has 0 fully saturated rings. The molecule has 0 aliphatic heterocycles. The van der Waals surface area contributed by atoms with Gasteiger partial charge in [-0.1, -0.05) is 23.2 Å². The topological polar surface area (TPSA) is 100 Å². The number of hydrogen-bond donors (Lipinski definition) is 2. The quantitative estimate of drug-likeness (QED) is 0.421. The predicted molar refractivity (Wildman–Crippen MR) is 86.7 cm³/mol. The van der Waals surface area contributed by atoms with Gasteiger partial charge in [-0.3, -0.25) is 20.3 Å². The summed E-state index contributed by atoms with van der Waals surface area (Å²) in [5.74, 6) is 0. The number of fused-ring (bicyclic) bond motifs is 2. The zero-order valence-electron chi connectivity index (χ0n) is 11.2. The Morgan fingerprint density at radius 3 is 2.70 bits per heavy atom. The summed E-state index contributed by atoms with van der Waals surface area (Å²) in [5.41, 5.74) is 1.89. The average Bonchev–Trinajstić information content (AvgIpc) is 3.13. The van der Waals surface area contributed by atoms with Crippen LogP contribution >= 0.6 is 23.2 Å². The van der Waals surface area contributed by atoms with Gasteiger partial charge in [0.1, 0.15) is 11.9 Å². The first kappa shape index (κ1) is 14.0. The molecule has 0 spiro atoms. The molecule has 113 valence electrons. The third-order valence-electron chi connectivity index (χ3n) is 3.56. The lowest BCUT2D eigenvalue weighted by molar-refractivity contribution is -0.384. The Labute approximate surface area is 138 Å². The van der Waals surface area contributed by atoms with Crippen molar-refractivity contribution >= 4 is 50.7 Å². The van der Waals surface area contributed by atoms with Gasteiger partial charge in [-0.15, -0.1) is 0 Å². The van der Waals surface area contributed by atoms with Crippen LogP contribution in [0.1, 0.15) is 0 Å². The maximum Gasteiger partial charge on any atom is 0.279 e. The molecule has 9 heteroatoms. The highest BCUT2D eigenvalue weighted by Crippen LogP contribution is 2.39. The lowest BCUT2D eigenvalue weighted by Crippen LogP contribution is -1.93. The highest BCUT2D eigenvalue weighted by atomic mass is 35.5. The Kier molecular flexibility index (Phi) is 3.00. The first-order valence-electron chi connectivity index (χ1n) is 6.43. The van der Waals surface area contributed by atoms with Gasteiger partial charge in [0, 0.05) is 16.8 Å². The molecule has 4 aromatic rings. The van der Waals surface area contributed by atoms with Gasteiger partial charge in [0.15, 0.2) is 0 Å². The van der Waals surface area contributed by atoms with Crippen LogP contribution in [-0.4, -0.2) is 25.3 Å². The fourth-order valence-corrected chi connectivity index (χ4v) is 2.87. The molecule has 0 atom stereocenters. The lowest BCUT2D eigenvalue weighted by Gasteiger charge is -2.03. The molecule has 2 aromatic heterocycles. The molecule has 0 amide bonds. The maximum atomic E-state index is 11.4. The Hall–Kier alpha value is -2.64. The Morgan fingerprint density at radius 1 is 1.13 bits per heavy atom. The normalized spacial score (nSPS) is 11.4. The number of nitrogens with zero attached hydrogens (tertiary/aromatic N) is 3. The predicted octanol–water partition coefficient (Wildman–Crippen LogP) is 4.12. The van der Waals surface area contributed by atoms with E-state index in [1.54, 1.807) is 18.2 Å². The second-order valence-corrected chi connectivity index (χ2v) is 5.67. The second kappa shape index (κ2) is 4.94. The first-order chi connectivity index (χ1) is 11.1. The number of H-pyrrole nitrogens is 2. The fourth-order valence-electron chi connectivity index (χ4n) is 2.54. The van der Waals surface area contributed by atoms with Crippen LogP contribution in [-0.2, 0) is 0 Å². The molecule has 4 rings (SSSR count). The molecule has 0 aliphatic carbocycles. The number of nitro benzene ring substituents is 1. The smallest absolute Gasteiger partial charge is 0.277 e. The minimum atomic E-state index is -0.465. The molecule has 2 aromatic carbocycles. The summed E-state index contributed by atoms with van der Waals surface area (Å²) in [6.07, 6.45) is 2.74. The molecule has 0 unspecified atom stereocenters. The number of rotatable bonds is 2. The van der Waals surface area contributed by atoms with Crippen molar-refractivity contribution in [1.82, 2.24) is 20.4 Å². The van der Waals surface area contributed by atoms with E-state index in [1.165, 1.54) is 6.07 Å². The van der Waals surface area contributed by atoms with Crippen LogP contribution in [0.15, 0.2) is 24.3 Å². The van der Waals surface area contributed by atoms with Crippen molar-refractivity contribution in [2.75, 3.05) is 0 Å². The van der Waals surface area contributed by atoms with Crippen molar-refractivity contribution in [3.05, 3.63) is 50.6 Å². The molecule has 0 saturated heterocycles. The molecule has 0 aliphatic rings. The fraction of sp³-hybridized carbons (Fsp3) is 0. The van der Waals surface area contributed by atoms with Crippen LogP contribution in [0, 0.1) is 16.3 Å². The van der Waals surface area contributed by atoms with E-state index in [2.05, 4.69) is 26.6 Å². The molecular weight excluding hydrogens is 341 g/mol. The number of nitrogens with one attached hydrogen (secondary N) is 2. The molecule has 2 N–H and O–H groups in total. The number of benzene rings is 2. The van der Waals surface area contributed by atoms with Gasteiger partial charge < -0.3 is 0 Å². The van der Waals surface area contributed by atoms with Gasteiger partial charge in [0.25, 0.3) is 5.69 Å². The zero-order valence-corrected chi connectivity index (χ0v) is 12.7. The third kappa shape index (κ3) is 2.05. The van der Waals surface area contributed by atoms with Gasteiger partial charge in [-0.05, 0) is 18.2 Å². The summed E-state index contributed by atoms with van der Waals surface area (Å²) < 4.78 is 0. The summed E-state index contributed by atoms with van der Waals surface area (Å²) in [7, 11) is 0. The van der Waals surface area contributed by atoms with Crippen molar-refractivity contribution < 1.29 is 4.92 Å². The second-order valence-electron chi connectivity index (χ2n) is 4.86. The lowest BCUT2D eigenvalue weighted by atomic mass is 10.0. The first-order valence-corrected chi connectivity index (χ1v) is 7.18. The molecule has 0 bridgehead atoms. The van der Waals surface area contributed by atoms with Gasteiger partial charge in [-0.25, -0.2) is 0 Å². The van der Waals surface area contributed by atoms with Crippen LogP contribution in [0.25, 0.3) is 33.1 Å². The maximum absolute atomic E-state index is 11.4. The Morgan fingerprint density at radius 2 is 1.91 bits per heavy atom. The van der Waals surface area contributed by atoms with Crippen molar-refractivity contribution in [1.29, 1.82) is 0 Å². The van der Waals surface area contributed by atoms with E-state index in [0.29, 0.717) is 43.1 Å². The molecule has 1 radical (unpaired) electrons. The highest BCUT2D eigenvalue weighted by molar-refractivity contribution is 6.42. The molecule has 7 nitrogen and oxygen atoms in total. The van der Waals surface area contributed by atoms with Crippen LogP contribution in [0.5, 0.6) is 0 Å². The third-order valence-corrected chi connectivity index (χ3v) is 4.29. The Balaban J connectivity index is 2.13. The number of aromatic nitrogens is 4. The monoisotopic (exact) mass is 346 g/mol. The number of nitro groups is 1. The minimum Gasteiger partial charge on any atom is -0.277 e. The summed E-state index contributed by atoms with van der Waals surface area (Å²) in [6.45, 7) is 0. The van der Waals surface area contributed by atoms with E-state index < -0.39 is 4.92 Å². The minimum absolute atomic E-state index is 0.0883. The van der Waals surface area contributed by atoms with Crippen molar-refractivity contribution in [3.8, 4) is 11.3 Å². The molecule has 23 heavy (non-hydrogen) atoms. The van der Waals surface area contributed by atoms with Gasteiger partial charge in [-0.2, -0.15) is 10.2 Å². The van der Waals surface area contributed by atoms with Crippen molar-refractivity contribution in [2.24, 2.45) is 0 Å². The summed E-state index contributed by atoms with van der Waals surface area (Å²) in [5, 5.41) is 26.8. The van der Waals surface area contributed by atoms with E-state index in [1.807, 2.05) is 0 Å². The van der Waals surface area contributed by atoms with Gasteiger partial charge in [0.05, 0.1) is 31.6 Å². The van der Waals surface area contributed by atoms with Gasteiger partial charge in [0.2, 0.25) is 0 Å². The van der Waals surface area contributed by atoms with E-state index in [4.69, 9.17) is 23.2 Å². The number of halogens is 2. The Bertz CT molecular complexity index is 1090. The van der Waals surface area contributed by atoms with E-state index in [9.17, 15) is 10.1 Å². The standard InChI is InChI=1S/C14H6Cl2N5O2/c15-8-3-6-11(4-9(8)16)19-20-14(6)13-7-5-17-18-10(7)1-2-12(13)21(22)23/h1-4H,(H,17,18)(H,19,20). The average molecular weight is 347 g/mol. The number of hydrogen-bond acceptors (Lipinski definition) is 4. The summed E-state index contributed by atoms with van der Waals surface area (Å²) in [4.78, 5) is 11.0. The SMILES string of the molecule is O=[N+]([O-])c1ccc2[nH]n[c]c2c1-c1n[nH]c2cc(Cl)c(Cl)cc12. The van der Waals surface area contributed by atoms with Crippen LogP contribution in [0.3, 0.4) is 0 Å². The largest absolute Gasteiger partial charge is 0.279 e. The van der Waals surface area contributed by atoms with Crippen molar-refractivity contribution in [3.63, 3.8) is 0 Å². The zero-order chi connectivity index (χ0) is 16.1. The summed E-state index contributed by atoms with van der Waals surface area (Å²) >= 11 is 12.1. The van der Waals surface area contributed by atoms with Crippen molar-refractivity contribution in [2.45, 2.75) is 0 Å². The highest BCUT2D eigenvalue weighted by Gasteiger charge is 2.24. The number of aromatic amines is 2. The van der Waals surface area contributed by atoms with E-state index in [0.717, 1.165) is 0 Å². The van der Waals surface area contributed by atoms with Crippen LogP contribution in [0.2, 0.25) is 10.0 Å². The van der Waals surface area contributed by atoms with Crippen LogP contribution in [0.4, 0.5) is 5.69 Å². The van der Waals surface area contributed by atoms with E-state index >= 15 is 0 Å². The molecule has 0 saturated carbocycles. The molecular formula is C14H6Cl2N5O2. The van der Waals surface area contributed by atoms with Crippen LogP contribution < -0.4 is 0 Å². The van der Waals surface area contributed by atoms with E-state index in [-0.39, 0.29) is 5.69 Å². The van der Waals surface area contributed by atoms with Gasteiger partial charge >= 0.3 is 0 Å².